The van der Waals surface area contributed by atoms with Gasteiger partial charge in [0, 0.05) is 6.54 Å². The summed E-state index contributed by atoms with van der Waals surface area (Å²) >= 11 is 0. The summed E-state index contributed by atoms with van der Waals surface area (Å²) in [7, 11) is 0. The highest BCUT2D eigenvalue weighted by Crippen LogP contribution is 2.15. The van der Waals surface area contributed by atoms with Gasteiger partial charge in [0.1, 0.15) is 0 Å². The minimum absolute atomic E-state index is 0.0604. The second-order valence-electron chi connectivity index (χ2n) is 6.59. The summed E-state index contributed by atoms with van der Waals surface area (Å²) < 4.78 is 1.60. The monoisotopic (exact) mass is 348 g/mol. The Morgan fingerprint density at radius 2 is 1.85 bits per heavy atom. The number of anilines is 1. The number of hydrogen-bond acceptors (Lipinski definition) is 4. The van der Waals surface area contributed by atoms with Gasteiger partial charge in [-0.15, -0.1) is 0 Å². The number of nitrogens with zero attached hydrogens (tertiary/aromatic N) is 3. The molecule has 0 aliphatic heterocycles. The standard InChI is InChI=1S/C21H24N4O/c1-5-25-20(26)18-8-6-7-9-19(18)22-21(25)24-23-15(4)17-12-10-16(11-13-17)14(2)3/h6-14H,5H2,1-4H3,(H,22,24)/b23-15-. The molecule has 3 rings (SSSR count). The number of rotatable bonds is 5. The fourth-order valence-electron chi connectivity index (χ4n) is 2.85. The van der Waals surface area contributed by atoms with E-state index in [4.69, 9.17) is 0 Å². The lowest BCUT2D eigenvalue weighted by atomic mass is 10.0. The zero-order chi connectivity index (χ0) is 18.7. The van der Waals surface area contributed by atoms with E-state index < -0.39 is 0 Å². The van der Waals surface area contributed by atoms with Crippen molar-refractivity contribution in [3.63, 3.8) is 0 Å². The molecule has 0 aliphatic rings. The van der Waals surface area contributed by atoms with Crippen molar-refractivity contribution >= 4 is 22.6 Å². The van der Waals surface area contributed by atoms with Crippen molar-refractivity contribution in [2.24, 2.45) is 5.10 Å². The van der Waals surface area contributed by atoms with Crippen LogP contribution in [0.5, 0.6) is 0 Å². The second-order valence-corrected chi connectivity index (χ2v) is 6.59. The van der Waals surface area contributed by atoms with Crippen LogP contribution < -0.4 is 11.0 Å². The lowest BCUT2D eigenvalue weighted by Crippen LogP contribution is -2.23. The second kappa shape index (κ2) is 7.52. The van der Waals surface area contributed by atoms with E-state index in [0.29, 0.717) is 29.3 Å². The molecule has 0 amide bonds. The molecule has 1 heterocycles. The normalized spacial score (nSPS) is 12.0. The number of hydrazone groups is 1. The molecule has 0 unspecified atom stereocenters. The Morgan fingerprint density at radius 3 is 2.50 bits per heavy atom. The van der Waals surface area contributed by atoms with Gasteiger partial charge >= 0.3 is 0 Å². The van der Waals surface area contributed by atoms with Crippen LogP contribution in [-0.2, 0) is 6.54 Å². The minimum atomic E-state index is -0.0604. The quantitative estimate of drug-likeness (QED) is 0.550. The van der Waals surface area contributed by atoms with E-state index in [-0.39, 0.29) is 5.56 Å². The van der Waals surface area contributed by atoms with E-state index in [2.05, 4.69) is 53.6 Å². The molecule has 26 heavy (non-hydrogen) atoms. The maximum Gasteiger partial charge on any atom is 0.262 e. The molecule has 2 aromatic carbocycles. The number of benzene rings is 2. The van der Waals surface area contributed by atoms with Crippen molar-refractivity contribution in [1.29, 1.82) is 0 Å². The molecule has 0 spiro atoms. The first-order valence-electron chi connectivity index (χ1n) is 8.91. The average Bonchev–Trinajstić information content (AvgIpc) is 2.66. The molecule has 134 valence electrons. The highest BCUT2D eigenvalue weighted by atomic mass is 16.1. The number of aromatic nitrogens is 2. The number of nitrogens with one attached hydrogen (secondary N) is 1. The molecule has 0 saturated heterocycles. The molecule has 0 fully saturated rings. The first kappa shape index (κ1) is 17.9. The molecule has 5 heteroatoms. The van der Waals surface area contributed by atoms with Crippen LogP contribution in [0.2, 0.25) is 0 Å². The van der Waals surface area contributed by atoms with Crippen molar-refractivity contribution < 1.29 is 0 Å². The summed E-state index contributed by atoms with van der Waals surface area (Å²) in [4.78, 5) is 17.2. The molecule has 5 nitrogen and oxygen atoms in total. The number of fused-ring (bicyclic) bond motifs is 1. The summed E-state index contributed by atoms with van der Waals surface area (Å²) in [6.07, 6.45) is 0. The van der Waals surface area contributed by atoms with Crippen molar-refractivity contribution in [3.8, 4) is 0 Å². The molecule has 0 radical (unpaired) electrons. The topological polar surface area (TPSA) is 59.3 Å². The molecule has 1 N–H and O–H groups in total. The van der Waals surface area contributed by atoms with Crippen LogP contribution in [0.4, 0.5) is 5.95 Å². The fourth-order valence-corrected chi connectivity index (χ4v) is 2.85. The van der Waals surface area contributed by atoms with Crippen LogP contribution in [0.25, 0.3) is 10.9 Å². The maximum atomic E-state index is 12.6. The summed E-state index contributed by atoms with van der Waals surface area (Å²) in [5, 5.41) is 5.06. The summed E-state index contributed by atoms with van der Waals surface area (Å²) in [6.45, 7) is 8.73. The van der Waals surface area contributed by atoms with E-state index in [1.807, 2.05) is 32.0 Å². The Bertz CT molecular complexity index is 1000. The molecule has 1 aromatic heterocycles. The van der Waals surface area contributed by atoms with E-state index >= 15 is 0 Å². The molecule has 0 atom stereocenters. The highest BCUT2D eigenvalue weighted by Gasteiger charge is 2.09. The van der Waals surface area contributed by atoms with Crippen molar-refractivity contribution in [2.75, 3.05) is 5.43 Å². The fraction of sp³-hybridized carbons (Fsp3) is 0.286. The van der Waals surface area contributed by atoms with Crippen LogP contribution in [0, 0.1) is 0 Å². The third kappa shape index (κ3) is 3.52. The van der Waals surface area contributed by atoms with E-state index in [0.717, 1.165) is 11.3 Å². The third-order valence-corrected chi connectivity index (χ3v) is 4.50. The predicted molar refractivity (Wildman–Crippen MR) is 108 cm³/mol. The minimum Gasteiger partial charge on any atom is -0.277 e. The van der Waals surface area contributed by atoms with E-state index in [1.165, 1.54) is 5.56 Å². The summed E-state index contributed by atoms with van der Waals surface area (Å²) in [5.74, 6) is 0.953. The zero-order valence-corrected chi connectivity index (χ0v) is 15.7. The molecule has 0 aliphatic carbocycles. The van der Waals surface area contributed by atoms with Gasteiger partial charge in [-0.1, -0.05) is 50.2 Å². The van der Waals surface area contributed by atoms with Gasteiger partial charge in [0.05, 0.1) is 16.6 Å². The van der Waals surface area contributed by atoms with Crippen LogP contribution in [0.3, 0.4) is 0 Å². The van der Waals surface area contributed by atoms with Gasteiger partial charge in [0.2, 0.25) is 5.95 Å². The van der Waals surface area contributed by atoms with Crippen molar-refractivity contribution in [2.45, 2.75) is 40.2 Å². The number of para-hydroxylation sites is 1. The molecular weight excluding hydrogens is 324 g/mol. The Labute approximate surface area is 153 Å². The first-order valence-corrected chi connectivity index (χ1v) is 8.91. The Balaban J connectivity index is 1.93. The van der Waals surface area contributed by atoms with Gasteiger partial charge in [-0.05, 0) is 43.0 Å². The average molecular weight is 348 g/mol. The van der Waals surface area contributed by atoms with Crippen LogP contribution in [0.1, 0.15) is 44.7 Å². The van der Waals surface area contributed by atoms with Crippen molar-refractivity contribution in [3.05, 3.63) is 70.0 Å². The van der Waals surface area contributed by atoms with Gasteiger partial charge < -0.3 is 0 Å². The van der Waals surface area contributed by atoms with Gasteiger partial charge in [-0.3, -0.25) is 9.36 Å². The molecule has 0 saturated carbocycles. The highest BCUT2D eigenvalue weighted by molar-refractivity contribution is 5.99. The Kier molecular flexibility index (Phi) is 5.16. The zero-order valence-electron chi connectivity index (χ0n) is 15.7. The van der Waals surface area contributed by atoms with Crippen LogP contribution in [0.15, 0.2) is 58.4 Å². The van der Waals surface area contributed by atoms with Gasteiger partial charge in [0.25, 0.3) is 5.56 Å². The van der Waals surface area contributed by atoms with E-state index in [9.17, 15) is 4.79 Å². The molecule has 3 aromatic rings. The lowest BCUT2D eigenvalue weighted by Gasteiger charge is -2.11. The lowest BCUT2D eigenvalue weighted by molar-refractivity contribution is 0.724. The third-order valence-electron chi connectivity index (χ3n) is 4.50. The molecule has 0 bridgehead atoms. The Hall–Kier alpha value is -2.95. The number of hydrogen-bond donors (Lipinski definition) is 1. The van der Waals surface area contributed by atoms with Gasteiger partial charge in [0.15, 0.2) is 0 Å². The molecular formula is C21H24N4O. The van der Waals surface area contributed by atoms with Crippen LogP contribution >= 0.6 is 0 Å². The van der Waals surface area contributed by atoms with Crippen LogP contribution in [-0.4, -0.2) is 15.3 Å². The van der Waals surface area contributed by atoms with Gasteiger partial charge in [-0.2, -0.15) is 5.10 Å². The summed E-state index contributed by atoms with van der Waals surface area (Å²) in [6, 6.07) is 15.7. The maximum absolute atomic E-state index is 12.6. The smallest absolute Gasteiger partial charge is 0.262 e. The Morgan fingerprint density at radius 1 is 1.15 bits per heavy atom. The summed E-state index contributed by atoms with van der Waals surface area (Å²) in [5.41, 5.74) is 6.75. The SMILES string of the molecule is CCn1c(N/N=C(/C)c2ccc(C(C)C)cc2)nc2ccccc2c1=O. The van der Waals surface area contributed by atoms with E-state index in [1.54, 1.807) is 10.6 Å². The van der Waals surface area contributed by atoms with Crippen molar-refractivity contribution in [1.82, 2.24) is 9.55 Å². The predicted octanol–water partition coefficient (Wildman–Crippen LogP) is 4.38. The van der Waals surface area contributed by atoms with Gasteiger partial charge in [-0.25, -0.2) is 10.4 Å². The largest absolute Gasteiger partial charge is 0.277 e. The first-order chi connectivity index (χ1) is 12.5.